The second kappa shape index (κ2) is 9.99. The number of hydrogen-bond donors (Lipinski definition) is 1. The maximum absolute atomic E-state index is 14.0. The zero-order valence-electron chi connectivity index (χ0n) is 14.9. The van der Waals surface area contributed by atoms with Crippen molar-refractivity contribution in [2.45, 2.75) is 23.4 Å². The highest BCUT2D eigenvalue weighted by molar-refractivity contribution is 9.10. The van der Waals surface area contributed by atoms with E-state index in [1.165, 1.54) is 23.1 Å². The minimum absolute atomic E-state index is 0.171. The highest BCUT2D eigenvalue weighted by atomic mass is 79.9. The van der Waals surface area contributed by atoms with Crippen molar-refractivity contribution >= 4 is 50.1 Å². The van der Waals surface area contributed by atoms with Crippen molar-refractivity contribution in [3.05, 3.63) is 63.9 Å². The van der Waals surface area contributed by atoms with E-state index in [0.717, 1.165) is 11.3 Å². The van der Waals surface area contributed by atoms with Crippen molar-refractivity contribution < 1.29 is 13.9 Å². The minimum atomic E-state index is -0.275. The maximum Gasteiger partial charge on any atom is 0.230 e. The Morgan fingerprint density at radius 3 is 2.79 bits per heavy atom. The fourth-order valence-corrected chi connectivity index (χ4v) is 4.49. The summed E-state index contributed by atoms with van der Waals surface area (Å²) in [5.41, 5.74) is 1.46. The Hall–Kier alpha value is -1.97. The zero-order valence-corrected chi connectivity index (χ0v) is 18.2. The maximum atomic E-state index is 14.0. The Balaban J connectivity index is 1.52. The van der Waals surface area contributed by atoms with Crippen LogP contribution in [0.1, 0.15) is 18.1 Å². The van der Waals surface area contributed by atoms with Crippen LogP contribution in [0.4, 0.5) is 9.52 Å². The molecular formula is C19H17BrFN3O2S2. The number of hydrogen-bond acceptors (Lipinski definition) is 6. The molecule has 1 aromatic heterocycles. The topological polar surface area (TPSA) is 64.1 Å². The molecule has 28 heavy (non-hydrogen) atoms. The number of nitrogens with zero attached hydrogens (tertiary/aromatic N) is 2. The van der Waals surface area contributed by atoms with Crippen LogP contribution in [-0.4, -0.2) is 22.7 Å². The van der Waals surface area contributed by atoms with E-state index in [1.807, 2.05) is 31.2 Å². The number of aromatic nitrogens is 2. The first-order valence-corrected chi connectivity index (χ1v) is 11.1. The molecule has 0 aliphatic rings. The van der Waals surface area contributed by atoms with E-state index in [4.69, 9.17) is 4.74 Å². The molecule has 3 aromatic rings. The van der Waals surface area contributed by atoms with Crippen molar-refractivity contribution in [2.24, 2.45) is 0 Å². The lowest BCUT2D eigenvalue weighted by Crippen LogP contribution is -2.14. The fraction of sp³-hybridized carbons (Fsp3) is 0.211. The molecular weight excluding hydrogens is 465 g/mol. The third-order valence-corrected chi connectivity index (χ3v) is 6.27. The van der Waals surface area contributed by atoms with E-state index in [0.29, 0.717) is 31.9 Å². The van der Waals surface area contributed by atoms with Gasteiger partial charge in [-0.05, 0) is 52.2 Å². The third kappa shape index (κ3) is 5.76. The van der Waals surface area contributed by atoms with E-state index in [-0.39, 0.29) is 18.1 Å². The largest absolute Gasteiger partial charge is 0.494 e. The number of carbonyl (C=O) groups is 1. The Kier molecular flexibility index (Phi) is 7.41. The minimum Gasteiger partial charge on any atom is -0.494 e. The molecule has 1 amide bonds. The molecule has 0 aliphatic heterocycles. The standard InChI is InChI=1S/C19H17BrFN3O2S2/c1-2-26-14-8-6-12(7-9-14)10-16(25)22-18-23-24-19(28-18)27-11-13-4-3-5-15(20)17(13)21/h3-9H,2,10-11H2,1H3,(H,22,23,25). The molecule has 0 saturated carbocycles. The molecule has 3 rings (SSSR count). The number of anilines is 1. The summed E-state index contributed by atoms with van der Waals surface area (Å²) in [6.07, 6.45) is 0.234. The molecule has 0 bridgehead atoms. The Morgan fingerprint density at radius 2 is 2.04 bits per heavy atom. The predicted molar refractivity (Wildman–Crippen MR) is 114 cm³/mol. The SMILES string of the molecule is CCOc1ccc(CC(=O)Nc2nnc(SCc3cccc(Br)c3F)s2)cc1. The van der Waals surface area contributed by atoms with Gasteiger partial charge in [0.2, 0.25) is 11.0 Å². The number of benzene rings is 2. The fourth-order valence-electron chi connectivity index (χ4n) is 2.34. The molecule has 2 aromatic carbocycles. The van der Waals surface area contributed by atoms with Crippen LogP contribution in [0.5, 0.6) is 5.75 Å². The Morgan fingerprint density at radius 1 is 1.25 bits per heavy atom. The van der Waals surface area contributed by atoms with Crippen LogP contribution in [0.25, 0.3) is 0 Å². The van der Waals surface area contributed by atoms with Gasteiger partial charge >= 0.3 is 0 Å². The average molecular weight is 482 g/mol. The van der Waals surface area contributed by atoms with Gasteiger partial charge in [0.25, 0.3) is 0 Å². The predicted octanol–water partition coefficient (Wildman–Crippen LogP) is 5.31. The van der Waals surface area contributed by atoms with E-state index >= 15 is 0 Å². The Bertz CT molecular complexity index is 951. The summed E-state index contributed by atoms with van der Waals surface area (Å²) in [4.78, 5) is 12.2. The van der Waals surface area contributed by atoms with Crippen molar-refractivity contribution in [1.29, 1.82) is 0 Å². The summed E-state index contributed by atoms with van der Waals surface area (Å²) in [6.45, 7) is 2.52. The van der Waals surface area contributed by atoms with Crippen LogP contribution >= 0.6 is 39.0 Å². The molecule has 0 atom stereocenters. The Labute approximate surface area is 178 Å². The molecule has 0 radical (unpaired) electrons. The molecule has 146 valence electrons. The van der Waals surface area contributed by atoms with Gasteiger partial charge in [-0.15, -0.1) is 10.2 Å². The molecule has 0 spiro atoms. The lowest BCUT2D eigenvalue weighted by atomic mass is 10.1. The lowest BCUT2D eigenvalue weighted by molar-refractivity contribution is -0.115. The number of halogens is 2. The molecule has 0 unspecified atom stereocenters. The van der Waals surface area contributed by atoms with Crippen LogP contribution in [0.2, 0.25) is 0 Å². The first kappa shape index (κ1) is 20.8. The van der Waals surface area contributed by atoms with E-state index in [9.17, 15) is 9.18 Å². The monoisotopic (exact) mass is 481 g/mol. The number of thioether (sulfide) groups is 1. The average Bonchev–Trinajstić information content (AvgIpc) is 3.12. The van der Waals surface area contributed by atoms with Gasteiger partial charge in [-0.3, -0.25) is 4.79 Å². The molecule has 0 saturated heterocycles. The summed E-state index contributed by atoms with van der Waals surface area (Å²) in [6, 6.07) is 12.6. The lowest BCUT2D eigenvalue weighted by Gasteiger charge is -2.05. The van der Waals surface area contributed by atoms with Crippen molar-refractivity contribution in [2.75, 3.05) is 11.9 Å². The van der Waals surface area contributed by atoms with Crippen LogP contribution in [0, 0.1) is 5.82 Å². The smallest absolute Gasteiger partial charge is 0.230 e. The van der Waals surface area contributed by atoms with E-state index < -0.39 is 0 Å². The zero-order chi connectivity index (χ0) is 19.9. The third-order valence-electron chi connectivity index (χ3n) is 3.63. The van der Waals surface area contributed by atoms with Crippen LogP contribution in [0.15, 0.2) is 51.3 Å². The van der Waals surface area contributed by atoms with Gasteiger partial charge in [0.15, 0.2) is 4.34 Å². The van der Waals surface area contributed by atoms with Gasteiger partial charge in [-0.25, -0.2) is 4.39 Å². The number of amides is 1. The molecule has 0 fully saturated rings. The van der Waals surface area contributed by atoms with E-state index in [1.54, 1.807) is 18.2 Å². The summed E-state index contributed by atoms with van der Waals surface area (Å²) in [7, 11) is 0. The van der Waals surface area contributed by atoms with Crippen molar-refractivity contribution in [3.63, 3.8) is 0 Å². The number of rotatable bonds is 8. The van der Waals surface area contributed by atoms with Gasteiger partial charge in [-0.2, -0.15) is 0 Å². The molecule has 1 N–H and O–H groups in total. The second-order valence-electron chi connectivity index (χ2n) is 5.68. The number of nitrogens with one attached hydrogen (secondary N) is 1. The highest BCUT2D eigenvalue weighted by Crippen LogP contribution is 2.30. The molecule has 9 heteroatoms. The highest BCUT2D eigenvalue weighted by Gasteiger charge is 2.11. The molecule has 5 nitrogen and oxygen atoms in total. The summed E-state index contributed by atoms with van der Waals surface area (Å²) in [5.74, 6) is 0.762. The van der Waals surface area contributed by atoms with Gasteiger partial charge in [0.1, 0.15) is 11.6 Å². The summed E-state index contributed by atoms with van der Waals surface area (Å²) < 4.78 is 20.5. The summed E-state index contributed by atoms with van der Waals surface area (Å²) >= 11 is 5.82. The second-order valence-corrected chi connectivity index (χ2v) is 8.73. The van der Waals surface area contributed by atoms with Crippen molar-refractivity contribution in [3.8, 4) is 5.75 Å². The van der Waals surface area contributed by atoms with Crippen molar-refractivity contribution in [1.82, 2.24) is 10.2 Å². The molecule has 0 aliphatic carbocycles. The van der Waals surface area contributed by atoms with E-state index in [2.05, 4.69) is 31.4 Å². The normalized spacial score (nSPS) is 10.7. The summed E-state index contributed by atoms with van der Waals surface area (Å²) in [5, 5.41) is 11.2. The first-order valence-electron chi connectivity index (χ1n) is 8.46. The first-order chi connectivity index (χ1) is 13.5. The van der Waals surface area contributed by atoms with Gasteiger partial charge < -0.3 is 10.1 Å². The van der Waals surface area contributed by atoms with Crippen LogP contribution < -0.4 is 10.1 Å². The van der Waals surface area contributed by atoms with Crippen LogP contribution in [-0.2, 0) is 17.0 Å². The molecule has 1 heterocycles. The van der Waals surface area contributed by atoms with Crippen LogP contribution in [0.3, 0.4) is 0 Å². The van der Waals surface area contributed by atoms with Gasteiger partial charge in [0.05, 0.1) is 17.5 Å². The quantitative estimate of drug-likeness (QED) is 0.348. The van der Waals surface area contributed by atoms with Gasteiger partial charge in [0, 0.05) is 5.75 Å². The number of ether oxygens (including phenoxy) is 1. The van der Waals surface area contributed by atoms with Gasteiger partial charge in [-0.1, -0.05) is 47.4 Å². The number of carbonyl (C=O) groups excluding carboxylic acids is 1.